The molecule has 0 spiro atoms. The molecule has 2 N–H and O–H groups in total. The number of nitrogens with one attached hydrogen (secondary N) is 2. The molecule has 20 heavy (non-hydrogen) atoms. The highest BCUT2D eigenvalue weighted by Crippen LogP contribution is 2.28. The second-order valence-corrected chi connectivity index (χ2v) is 4.54. The standard InChI is InChI=1S/C14H18N2O4/c1-19-6-2-5-15-13(17)8-10-3-4-12-11(7-10)16-14(18)9-20-12/h3-4,7H,2,5-6,8-9H2,1H3,(H,15,17)(H,16,18). The second kappa shape index (κ2) is 6.91. The molecule has 2 amide bonds. The summed E-state index contributed by atoms with van der Waals surface area (Å²) in [5, 5.41) is 5.54. The topological polar surface area (TPSA) is 76.7 Å². The molecule has 108 valence electrons. The maximum atomic E-state index is 11.7. The molecule has 0 radical (unpaired) electrons. The van der Waals surface area contributed by atoms with E-state index in [4.69, 9.17) is 9.47 Å². The van der Waals surface area contributed by atoms with E-state index >= 15 is 0 Å². The molecule has 6 heteroatoms. The number of ether oxygens (including phenoxy) is 2. The summed E-state index contributed by atoms with van der Waals surface area (Å²) >= 11 is 0. The van der Waals surface area contributed by atoms with Gasteiger partial charge in [-0.25, -0.2) is 0 Å². The first-order valence-corrected chi connectivity index (χ1v) is 6.50. The zero-order valence-electron chi connectivity index (χ0n) is 11.4. The first-order chi connectivity index (χ1) is 9.69. The van der Waals surface area contributed by atoms with Crippen molar-refractivity contribution in [2.24, 2.45) is 0 Å². The van der Waals surface area contributed by atoms with Gasteiger partial charge in [0.1, 0.15) is 5.75 Å². The number of rotatable bonds is 6. The van der Waals surface area contributed by atoms with E-state index in [-0.39, 0.29) is 24.8 Å². The molecule has 0 aliphatic carbocycles. The molecule has 1 heterocycles. The molecule has 0 saturated carbocycles. The van der Waals surface area contributed by atoms with Crippen LogP contribution >= 0.6 is 0 Å². The summed E-state index contributed by atoms with van der Waals surface area (Å²) in [6, 6.07) is 5.36. The van der Waals surface area contributed by atoms with Crippen LogP contribution in [0.4, 0.5) is 5.69 Å². The molecule has 1 aromatic rings. The predicted octanol–water partition coefficient (Wildman–Crippen LogP) is 0.713. The van der Waals surface area contributed by atoms with Crippen LogP contribution in [0.3, 0.4) is 0 Å². The normalized spacial score (nSPS) is 13.2. The number of amides is 2. The third-order valence-corrected chi connectivity index (χ3v) is 2.89. The number of hydrogen-bond acceptors (Lipinski definition) is 4. The van der Waals surface area contributed by atoms with E-state index < -0.39 is 0 Å². The van der Waals surface area contributed by atoms with Crippen molar-refractivity contribution in [1.82, 2.24) is 5.32 Å². The van der Waals surface area contributed by atoms with Crippen LogP contribution in [0.2, 0.25) is 0 Å². The number of carbonyl (C=O) groups is 2. The highest BCUT2D eigenvalue weighted by Gasteiger charge is 2.16. The number of hydrogen-bond donors (Lipinski definition) is 2. The quantitative estimate of drug-likeness (QED) is 0.751. The van der Waals surface area contributed by atoms with E-state index in [9.17, 15) is 9.59 Å². The van der Waals surface area contributed by atoms with Crippen molar-refractivity contribution in [2.45, 2.75) is 12.8 Å². The lowest BCUT2D eigenvalue weighted by Gasteiger charge is -2.18. The monoisotopic (exact) mass is 278 g/mol. The third kappa shape index (κ3) is 3.96. The highest BCUT2D eigenvalue weighted by molar-refractivity contribution is 5.95. The molecule has 0 saturated heterocycles. The summed E-state index contributed by atoms with van der Waals surface area (Å²) in [6.45, 7) is 1.26. The van der Waals surface area contributed by atoms with Gasteiger partial charge in [0, 0.05) is 20.3 Å². The van der Waals surface area contributed by atoms with Crippen molar-refractivity contribution >= 4 is 17.5 Å². The summed E-state index contributed by atoms with van der Waals surface area (Å²) < 4.78 is 10.2. The van der Waals surface area contributed by atoms with Crippen LogP contribution in [0, 0.1) is 0 Å². The molecule has 0 aromatic heterocycles. The number of anilines is 1. The van der Waals surface area contributed by atoms with Gasteiger partial charge in [0.05, 0.1) is 12.1 Å². The minimum atomic E-state index is -0.182. The largest absolute Gasteiger partial charge is 0.482 e. The number of benzene rings is 1. The Balaban J connectivity index is 1.88. The van der Waals surface area contributed by atoms with Crippen LogP contribution in [0.25, 0.3) is 0 Å². The maximum Gasteiger partial charge on any atom is 0.262 e. The van der Waals surface area contributed by atoms with Crippen molar-refractivity contribution < 1.29 is 19.1 Å². The summed E-state index contributed by atoms with van der Waals surface area (Å²) in [5.41, 5.74) is 1.45. The van der Waals surface area contributed by atoms with E-state index in [0.29, 0.717) is 24.6 Å². The highest BCUT2D eigenvalue weighted by atomic mass is 16.5. The Kier molecular flexibility index (Phi) is 4.95. The first kappa shape index (κ1) is 14.3. The molecule has 0 unspecified atom stereocenters. The van der Waals surface area contributed by atoms with Gasteiger partial charge in [0.2, 0.25) is 5.91 Å². The fourth-order valence-corrected chi connectivity index (χ4v) is 1.93. The maximum absolute atomic E-state index is 11.7. The van der Waals surface area contributed by atoms with E-state index in [2.05, 4.69) is 10.6 Å². The smallest absolute Gasteiger partial charge is 0.262 e. The molecule has 2 rings (SSSR count). The molecular formula is C14H18N2O4. The zero-order valence-corrected chi connectivity index (χ0v) is 11.4. The first-order valence-electron chi connectivity index (χ1n) is 6.50. The lowest BCUT2D eigenvalue weighted by molar-refractivity contribution is -0.120. The van der Waals surface area contributed by atoms with Crippen LogP contribution in [0.5, 0.6) is 5.75 Å². The summed E-state index contributed by atoms with van der Waals surface area (Å²) in [7, 11) is 1.63. The van der Waals surface area contributed by atoms with Crippen LogP contribution < -0.4 is 15.4 Å². The summed E-state index contributed by atoms with van der Waals surface area (Å²) in [6.07, 6.45) is 1.06. The van der Waals surface area contributed by atoms with Crippen molar-refractivity contribution in [2.75, 3.05) is 32.2 Å². The zero-order chi connectivity index (χ0) is 14.4. The van der Waals surface area contributed by atoms with E-state index in [1.165, 1.54) is 0 Å². The number of carbonyl (C=O) groups excluding carboxylic acids is 2. The van der Waals surface area contributed by atoms with Gasteiger partial charge in [0.15, 0.2) is 6.61 Å². The Morgan fingerprint density at radius 1 is 1.50 bits per heavy atom. The Bertz CT molecular complexity index is 502. The van der Waals surface area contributed by atoms with Gasteiger partial charge in [-0.15, -0.1) is 0 Å². The molecular weight excluding hydrogens is 260 g/mol. The summed E-state index contributed by atoms with van der Waals surface area (Å²) in [5.74, 6) is 0.400. The van der Waals surface area contributed by atoms with Crippen LogP contribution in [-0.2, 0) is 20.7 Å². The van der Waals surface area contributed by atoms with Crippen LogP contribution in [0.1, 0.15) is 12.0 Å². The molecule has 6 nitrogen and oxygen atoms in total. The molecule has 1 aromatic carbocycles. The molecule has 0 bridgehead atoms. The Morgan fingerprint density at radius 3 is 3.15 bits per heavy atom. The van der Waals surface area contributed by atoms with Gasteiger partial charge >= 0.3 is 0 Å². The van der Waals surface area contributed by atoms with Gasteiger partial charge in [-0.2, -0.15) is 0 Å². The second-order valence-electron chi connectivity index (χ2n) is 4.54. The fourth-order valence-electron chi connectivity index (χ4n) is 1.93. The Morgan fingerprint density at radius 2 is 2.35 bits per heavy atom. The minimum Gasteiger partial charge on any atom is -0.482 e. The van der Waals surface area contributed by atoms with Crippen LogP contribution in [-0.4, -0.2) is 38.7 Å². The van der Waals surface area contributed by atoms with Gasteiger partial charge in [-0.05, 0) is 24.1 Å². The summed E-state index contributed by atoms with van der Waals surface area (Å²) in [4.78, 5) is 23.0. The lowest BCUT2D eigenvalue weighted by Crippen LogP contribution is -2.27. The lowest BCUT2D eigenvalue weighted by atomic mass is 10.1. The van der Waals surface area contributed by atoms with Gasteiger partial charge in [0.25, 0.3) is 5.91 Å². The van der Waals surface area contributed by atoms with E-state index in [0.717, 1.165) is 12.0 Å². The SMILES string of the molecule is COCCCNC(=O)Cc1ccc2c(c1)NC(=O)CO2. The van der Waals surface area contributed by atoms with Crippen molar-refractivity contribution in [3.05, 3.63) is 23.8 Å². The average Bonchev–Trinajstić information content (AvgIpc) is 2.43. The third-order valence-electron chi connectivity index (χ3n) is 2.89. The fraction of sp³-hybridized carbons (Fsp3) is 0.429. The van der Waals surface area contributed by atoms with Gasteiger partial charge in [-0.1, -0.05) is 6.07 Å². The number of methoxy groups -OCH3 is 1. The van der Waals surface area contributed by atoms with Crippen molar-refractivity contribution in [3.63, 3.8) is 0 Å². The predicted molar refractivity (Wildman–Crippen MR) is 73.8 cm³/mol. The van der Waals surface area contributed by atoms with Crippen LogP contribution in [0.15, 0.2) is 18.2 Å². The van der Waals surface area contributed by atoms with Crippen molar-refractivity contribution in [3.8, 4) is 5.75 Å². The molecule has 0 atom stereocenters. The van der Waals surface area contributed by atoms with Gasteiger partial charge < -0.3 is 20.1 Å². The Hall–Kier alpha value is -2.08. The average molecular weight is 278 g/mol. The van der Waals surface area contributed by atoms with E-state index in [1.54, 1.807) is 19.2 Å². The van der Waals surface area contributed by atoms with E-state index in [1.807, 2.05) is 6.07 Å². The number of fused-ring (bicyclic) bond motifs is 1. The minimum absolute atomic E-state index is 0.0341. The Labute approximate surface area is 117 Å². The molecule has 1 aliphatic heterocycles. The molecule has 0 fully saturated rings. The van der Waals surface area contributed by atoms with Crippen molar-refractivity contribution in [1.29, 1.82) is 0 Å². The molecule has 1 aliphatic rings. The van der Waals surface area contributed by atoms with Gasteiger partial charge in [-0.3, -0.25) is 9.59 Å².